The number of morpholine rings is 1. The minimum Gasteiger partial charge on any atom is -0.494 e. The molecule has 0 aliphatic carbocycles. The summed E-state index contributed by atoms with van der Waals surface area (Å²) in [6, 6.07) is 15.8. The van der Waals surface area contributed by atoms with Gasteiger partial charge in [-0.1, -0.05) is 41.7 Å². The molecule has 7 heteroatoms. The Hall–Kier alpha value is -2.48. The molecule has 3 aromatic rings. The maximum Gasteiger partial charge on any atom is 0.233 e. The van der Waals surface area contributed by atoms with E-state index < -0.39 is 0 Å². The molecule has 2 heterocycles. The van der Waals surface area contributed by atoms with Crippen LogP contribution in [-0.4, -0.2) is 61.8 Å². The number of benzene rings is 2. The summed E-state index contributed by atoms with van der Waals surface area (Å²) >= 11 is 1.55. The Morgan fingerprint density at radius 3 is 2.77 bits per heavy atom. The fourth-order valence-electron chi connectivity index (χ4n) is 3.73. The zero-order valence-corrected chi connectivity index (χ0v) is 18.8. The fraction of sp³-hybridized carbons (Fsp3) is 0.417. The molecule has 1 aromatic heterocycles. The lowest BCUT2D eigenvalue weighted by atomic mass is 10.1. The van der Waals surface area contributed by atoms with Crippen LogP contribution in [-0.2, 0) is 16.0 Å². The quantitative estimate of drug-likeness (QED) is 0.505. The zero-order valence-electron chi connectivity index (χ0n) is 18.0. The first-order valence-electron chi connectivity index (χ1n) is 10.9. The summed E-state index contributed by atoms with van der Waals surface area (Å²) in [5.41, 5.74) is 1.92. The highest BCUT2D eigenvalue weighted by molar-refractivity contribution is 7.22. The molecule has 0 spiro atoms. The molecule has 0 bridgehead atoms. The van der Waals surface area contributed by atoms with E-state index in [0.29, 0.717) is 19.6 Å². The number of thiazole rings is 1. The summed E-state index contributed by atoms with van der Waals surface area (Å²) < 4.78 is 12.1. The number of carbonyl (C=O) groups excluding carboxylic acids is 1. The number of carbonyl (C=O) groups is 1. The standard InChI is InChI=1S/C24H29N3O3S/c1-2-30-20-9-10-21-22(18-20)31-24(25-21)27(12-6-11-26-13-15-29-16-14-26)23(28)17-19-7-4-3-5-8-19/h3-5,7-10,18H,2,6,11-17H2,1H3. The average molecular weight is 440 g/mol. The van der Waals surface area contributed by atoms with E-state index in [1.807, 2.05) is 60.4 Å². The summed E-state index contributed by atoms with van der Waals surface area (Å²) in [7, 11) is 0. The molecule has 4 rings (SSSR count). The van der Waals surface area contributed by atoms with Crippen LogP contribution in [0.5, 0.6) is 5.75 Å². The van der Waals surface area contributed by atoms with Crippen molar-refractivity contribution in [1.82, 2.24) is 9.88 Å². The topological polar surface area (TPSA) is 54.9 Å². The molecule has 0 saturated carbocycles. The zero-order chi connectivity index (χ0) is 21.5. The molecule has 164 valence electrons. The molecule has 31 heavy (non-hydrogen) atoms. The van der Waals surface area contributed by atoms with Gasteiger partial charge in [0.05, 0.1) is 36.5 Å². The van der Waals surface area contributed by atoms with Gasteiger partial charge in [-0.2, -0.15) is 0 Å². The van der Waals surface area contributed by atoms with Gasteiger partial charge < -0.3 is 9.47 Å². The average Bonchev–Trinajstić information content (AvgIpc) is 3.21. The van der Waals surface area contributed by atoms with Crippen LogP contribution in [0, 0.1) is 0 Å². The lowest BCUT2D eigenvalue weighted by Gasteiger charge is -2.27. The van der Waals surface area contributed by atoms with Gasteiger partial charge in [-0.05, 0) is 37.1 Å². The smallest absolute Gasteiger partial charge is 0.233 e. The predicted octanol–water partition coefficient (Wildman–Crippen LogP) is 3.99. The summed E-state index contributed by atoms with van der Waals surface area (Å²) in [6.07, 6.45) is 1.28. The van der Waals surface area contributed by atoms with Crippen LogP contribution in [0.25, 0.3) is 10.2 Å². The molecular formula is C24H29N3O3S. The maximum absolute atomic E-state index is 13.3. The largest absolute Gasteiger partial charge is 0.494 e. The molecule has 0 atom stereocenters. The summed E-state index contributed by atoms with van der Waals surface area (Å²) in [6.45, 7) is 7.70. The lowest BCUT2D eigenvalue weighted by molar-refractivity contribution is -0.118. The van der Waals surface area contributed by atoms with Gasteiger partial charge >= 0.3 is 0 Å². The third-order valence-corrected chi connectivity index (χ3v) is 6.39. The molecule has 0 N–H and O–H groups in total. The molecule has 1 amide bonds. The minimum absolute atomic E-state index is 0.0808. The van der Waals surface area contributed by atoms with Crippen molar-refractivity contribution in [3.05, 3.63) is 54.1 Å². The van der Waals surface area contributed by atoms with E-state index in [4.69, 9.17) is 14.5 Å². The first-order chi connectivity index (χ1) is 15.2. The first kappa shape index (κ1) is 21.7. The van der Waals surface area contributed by atoms with Crippen molar-refractivity contribution >= 4 is 32.6 Å². The fourth-order valence-corrected chi connectivity index (χ4v) is 4.77. The van der Waals surface area contributed by atoms with E-state index >= 15 is 0 Å². The van der Waals surface area contributed by atoms with Gasteiger partial charge in [0.1, 0.15) is 5.75 Å². The van der Waals surface area contributed by atoms with Crippen LogP contribution >= 0.6 is 11.3 Å². The van der Waals surface area contributed by atoms with E-state index in [9.17, 15) is 4.79 Å². The van der Waals surface area contributed by atoms with E-state index in [1.165, 1.54) is 0 Å². The predicted molar refractivity (Wildman–Crippen MR) is 125 cm³/mol. The number of fused-ring (bicyclic) bond motifs is 1. The van der Waals surface area contributed by atoms with Crippen molar-refractivity contribution in [2.24, 2.45) is 0 Å². The molecule has 2 aromatic carbocycles. The molecular weight excluding hydrogens is 410 g/mol. The van der Waals surface area contributed by atoms with E-state index in [-0.39, 0.29) is 5.91 Å². The van der Waals surface area contributed by atoms with Gasteiger partial charge in [-0.3, -0.25) is 14.6 Å². The van der Waals surface area contributed by atoms with E-state index in [0.717, 1.165) is 65.9 Å². The number of ether oxygens (including phenoxy) is 2. The van der Waals surface area contributed by atoms with Crippen LogP contribution in [0.2, 0.25) is 0 Å². The molecule has 1 aliphatic heterocycles. The second-order valence-electron chi connectivity index (χ2n) is 7.57. The number of rotatable bonds is 9. The van der Waals surface area contributed by atoms with Gasteiger partial charge in [0.25, 0.3) is 0 Å². The van der Waals surface area contributed by atoms with Crippen molar-refractivity contribution in [2.45, 2.75) is 19.8 Å². The Morgan fingerprint density at radius 2 is 2.00 bits per heavy atom. The molecule has 6 nitrogen and oxygen atoms in total. The maximum atomic E-state index is 13.3. The van der Waals surface area contributed by atoms with Crippen LogP contribution < -0.4 is 9.64 Å². The normalized spacial score (nSPS) is 14.6. The van der Waals surface area contributed by atoms with E-state index in [2.05, 4.69) is 4.90 Å². The molecule has 0 unspecified atom stereocenters. The highest BCUT2D eigenvalue weighted by atomic mass is 32.1. The Morgan fingerprint density at radius 1 is 1.19 bits per heavy atom. The molecule has 1 aliphatic rings. The Kier molecular flexibility index (Phi) is 7.51. The second-order valence-corrected chi connectivity index (χ2v) is 8.58. The van der Waals surface area contributed by atoms with Gasteiger partial charge in [-0.15, -0.1) is 0 Å². The van der Waals surface area contributed by atoms with Crippen LogP contribution in [0.4, 0.5) is 5.13 Å². The first-order valence-corrected chi connectivity index (χ1v) is 11.7. The van der Waals surface area contributed by atoms with Crippen molar-refractivity contribution < 1.29 is 14.3 Å². The highest BCUT2D eigenvalue weighted by Crippen LogP contribution is 2.32. The van der Waals surface area contributed by atoms with Gasteiger partial charge in [0.2, 0.25) is 5.91 Å². The summed E-state index contributed by atoms with van der Waals surface area (Å²) in [5.74, 6) is 0.914. The van der Waals surface area contributed by atoms with Crippen molar-refractivity contribution in [3.8, 4) is 5.75 Å². The minimum atomic E-state index is 0.0808. The number of anilines is 1. The number of aromatic nitrogens is 1. The Balaban J connectivity index is 1.51. The SMILES string of the molecule is CCOc1ccc2nc(N(CCCN3CCOCC3)C(=O)Cc3ccccc3)sc2c1. The van der Waals surface area contributed by atoms with Crippen molar-refractivity contribution in [3.63, 3.8) is 0 Å². The van der Waals surface area contributed by atoms with Crippen LogP contribution in [0.1, 0.15) is 18.9 Å². The van der Waals surface area contributed by atoms with E-state index in [1.54, 1.807) is 11.3 Å². The Bertz CT molecular complexity index is 986. The summed E-state index contributed by atoms with van der Waals surface area (Å²) in [4.78, 5) is 22.3. The number of amides is 1. The second kappa shape index (κ2) is 10.7. The third kappa shape index (κ3) is 5.81. The van der Waals surface area contributed by atoms with Gasteiger partial charge in [-0.25, -0.2) is 4.98 Å². The van der Waals surface area contributed by atoms with Crippen LogP contribution in [0.15, 0.2) is 48.5 Å². The Labute approximate surface area is 187 Å². The molecule has 1 saturated heterocycles. The number of nitrogens with zero attached hydrogens (tertiary/aromatic N) is 3. The van der Waals surface area contributed by atoms with Crippen LogP contribution in [0.3, 0.4) is 0 Å². The number of hydrogen-bond acceptors (Lipinski definition) is 6. The van der Waals surface area contributed by atoms with Gasteiger partial charge in [0.15, 0.2) is 5.13 Å². The monoisotopic (exact) mass is 439 g/mol. The van der Waals surface area contributed by atoms with Crippen molar-refractivity contribution in [2.75, 3.05) is 50.9 Å². The molecule has 0 radical (unpaired) electrons. The van der Waals surface area contributed by atoms with Crippen molar-refractivity contribution in [1.29, 1.82) is 0 Å². The van der Waals surface area contributed by atoms with Gasteiger partial charge in [0, 0.05) is 26.2 Å². The number of hydrogen-bond donors (Lipinski definition) is 0. The highest BCUT2D eigenvalue weighted by Gasteiger charge is 2.21. The molecule has 1 fully saturated rings. The third-order valence-electron chi connectivity index (χ3n) is 5.35. The lowest BCUT2D eigenvalue weighted by Crippen LogP contribution is -2.39. The summed E-state index contributed by atoms with van der Waals surface area (Å²) in [5, 5.41) is 0.756.